The summed E-state index contributed by atoms with van der Waals surface area (Å²) in [6.07, 6.45) is 0. The van der Waals surface area contributed by atoms with E-state index in [1.807, 2.05) is 20.8 Å². The van der Waals surface area contributed by atoms with Crippen LogP contribution in [0.5, 0.6) is 0 Å². The number of nitro groups is 1. The number of hydrogen-bond acceptors (Lipinski definition) is 4. The van der Waals surface area contributed by atoms with E-state index in [0.717, 1.165) is 17.1 Å². The molecule has 0 aliphatic heterocycles. The average Bonchev–Trinajstić information content (AvgIpc) is 2.37. The number of nitrogens with zero attached hydrogens (tertiary/aromatic N) is 2. The molecule has 0 aliphatic rings. The van der Waals surface area contributed by atoms with Gasteiger partial charge in [-0.25, -0.2) is 4.98 Å². The summed E-state index contributed by atoms with van der Waals surface area (Å²) in [7, 11) is 0. The number of nitro benzene ring substituents is 1. The van der Waals surface area contributed by atoms with E-state index in [1.165, 1.54) is 12.1 Å². The Kier molecular flexibility index (Phi) is 3.67. The molecule has 0 amide bonds. The minimum Gasteiger partial charge on any atom is -0.343 e. The van der Waals surface area contributed by atoms with Gasteiger partial charge >= 0.3 is 0 Å². The molecular weight excluding hydrogens is 274 g/mol. The number of non-ortho nitro benzene ring substituents is 1. The van der Waals surface area contributed by atoms with Crippen LogP contribution in [0, 0.1) is 14.8 Å². The lowest BCUT2D eigenvalue weighted by atomic mass is 9.95. The second-order valence-electron chi connectivity index (χ2n) is 5.54. The molecule has 20 heavy (non-hydrogen) atoms. The van der Waals surface area contributed by atoms with Gasteiger partial charge in [0.15, 0.2) is 0 Å². The molecule has 0 saturated carbocycles. The molecule has 104 valence electrons. The Morgan fingerprint density at radius 3 is 2.60 bits per heavy atom. The fraction of sp³-hybridized carbons (Fsp3) is 0.286. The van der Waals surface area contributed by atoms with Gasteiger partial charge in [-0.3, -0.25) is 10.1 Å². The zero-order valence-electron chi connectivity index (χ0n) is 11.5. The molecule has 0 fully saturated rings. The van der Waals surface area contributed by atoms with Crippen LogP contribution in [0.15, 0.2) is 30.3 Å². The largest absolute Gasteiger partial charge is 0.343 e. The van der Waals surface area contributed by atoms with Gasteiger partial charge in [0.2, 0.25) is 0 Å². The normalized spacial score (nSPS) is 11.3. The van der Waals surface area contributed by atoms with Crippen molar-refractivity contribution in [2.75, 3.05) is 0 Å². The lowest BCUT2D eigenvalue weighted by Crippen LogP contribution is -2.16. The summed E-state index contributed by atoms with van der Waals surface area (Å²) in [6.45, 7) is 6.08. The highest BCUT2D eigenvalue weighted by Crippen LogP contribution is 2.25. The first-order chi connectivity index (χ1) is 9.27. The van der Waals surface area contributed by atoms with E-state index in [1.54, 1.807) is 18.2 Å². The molecule has 0 saturated heterocycles. The second kappa shape index (κ2) is 5.13. The summed E-state index contributed by atoms with van der Waals surface area (Å²) in [5, 5.41) is 10.8. The predicted molar refractivity (Wildman–Crippen MR) is 80.2 cm³/mol. The number of aromatic amines is 1. The smallest absolute Gasteiger partial charge is 0.270 e. The highest BCUT2D eigenvalue weighted by molar-refractivity contribution is 7.71. The molecular formula is C14H15N3O2S. The second-order valence-corrected chi connectivity index (χ2v) is 5.96. The van der Waals surface area contributed by atoms with E-state index in [9.17, 15) is 10.1 Å². The molecule has 5 nitrogen and oxygen atoms in total. The van der Waals surface area contributed by atoms with Gasteiger partial charge in [0, 0.05) is 28.8 Å². The Balaban J connectivity index is 2.58. The summed E-state index contributed by atoms with van der Waals surface area (Å²) in [5.74, 6) is 0.756. The van der Waals surface area contributed by atoms with E-state index >= 15 is 0 Å². The Bertz CT molecular complexity index is 717. The number of aromatic nitrogens is 2. The van der Waals surface area contributed by atoms with Crippen LogP contribution >= 0.6 is 12.2 Å². The quantitative estimate of drug-likeness (QED) is 0.515. The van der Waals surface area contributed by atoms with Crippen LogP contribution in [0.3, 0.4) is 0 Å². The molecule has 0 atom stereocenters. The summed E-state index contributed by atoms with van der Waals surface area (Å²) in [4.78, 5) is 17.9. The summed E-state index contributed by atoms with van der Waals surface area (Å²) in [5.41, 5.74) is 1.33. The van der Waals surface area contributed by atoms with Gasteiger partial charge in [-0.1, -0.05) is 45.1 Å². The number of benzene rings is 1. The Morgan fingerprint density at radius 1 is 1.30 bits per heavy atom. The Labute approximate surface area is 121 Å². The number of nitrogens with one attached hydrogen (secondary N) is 1. The van der Waals surface area contributed by atoms with Crippen LogP contribution in [0.4, 0.5) is 5.69 Å². The van der Waals surface area contributed by atoms with Crippen LogP contribution in [0.25, 0.3) is 11.3 Å². The molecule has 0 aliphatic carbocycles. The number of H-pyrrole nitrogens is 1. The van der Waals surface area contributed by atoms with Crippen molar-refractivity contribution < 1.29 is 4.92 Å². The maximum atomic E-state index is 10.8. The van der Waals surface area contributed by atoms with Crippen molar-refractivity contribution in [3.8, 4) is 11.3 Å². The molecule has 2 rings (SSSR count). The molecule has 1 N–H and O–H groups in total. The lowest BCUT2D eigenvalue weighted by molar-refractivity contribution is -0.384. The van der Waals surface area contributed by atoms with Crippen molar-refractivity contribution in [2.24, 2.45) is 0 Å². The van der Waals surface area contributed by atoms with Gasteiger partial charge in [0.05, 0.1) is 4.92 Å². The van der Waals surface area contributed by atoms with E-state index in [0.29, 0.717) is 4.64 Å². The zero-order chi connectivity index (χ0) is 14.9. The van der Waals surface area contributed by atoms with Crippen molar-refractivity contribution >= 4 is 17.9 Å². The minimum atomic E-state index is -0.413. The van der Waals surface area contributed by atoms with Crippen LogP contribution in [-0.4, -0.2) is 14.9 Å². The summed E-state index contributed by atoms with van der Waals surface area (Å²) >= 11 is 5.18. The molecule has 0 spiro atoms. The molecule has 1 heterocycles. The lowest BCUT2D eigenvalue weighted by Gasteiger charge is -2.18. The van der Waals surface area contributed by atoms with E-state index in [2.05, 4.69) is 9.97 Å². The van der Waals surface area contributed by atoms with Crippen LogP contribution in [0.1, 0.15) is 26.6 Å². The van der Waals surface area contributed by atoms with Gasteiger partial charge < -0.3 is 4.98 Å². The Hall–Kier alpha value is -2.08. The number of rotatable bonds is 2. The van der Waals surface area contributed by atoms with E-state index in [-0.39, 0.29) is 11.1 Å². The van der Waals surface area contributed by atoms with Gasteiger partial charge in [-0.05, 0) is 6.07 Å². The van der Waals surface area contributed by atoms with Crippen molar-refractivity contribution in [3.05, 3.63) is 50.9 Å². The standard InChI is InChI=1S/C14H15N3O2S/c1-14(2,3)13-15-11(8-12(20)16-13)9-5-4-6-10(7-9)17(18)19/h4-8H,1-3H3,(H,15,16,20). The van der Waals surface area contributed by atoms with Gasteiger partial charge in [0.1, 0.15) is 10.5 Å². The SMILES string of the molecule is CC(C)(C)c1nc(=S)cc(-c2cccc([N+](=O)[O-])c2)[nH]1. The van der Waals surface area contributed by atoms with Gasteiger partial charge in [0.25, 0.3) is 5.69 Å². The third kappa shape index (κ3) is 3.08. The molecule has 1 aromatic carbocycles. The molecule has 0 bridgehead atoms. The maximum Gasteiger partial charge on any atom is 0.270 e. The maximum absolute atomic E-state index is 10.8. The van der Waals surface area contributed by atoms with Crippen molar-refractivity contribution in [2.45, 2.75) is 26.2 Å². The van der Waals surface area contributed by atoms with Crippen LogP contribution < -0.4 is 0 Å². The topological polar surface area (TPSA) is 71.8 Å². The van der Waals surface area contributed by atoms with Crippen LogP contribution in [-0.2, 0) is 5.41 Å². The highest BCUT2D eigenvalue weighted by atomic mass is 32.1. The molecule has 0 unspecified atom stereocenters. The fourth-order valence-corrected chi connectivity index (χ4v) is 1.96. The van der Waals surface area contributed by atoms with Gasteiger partial charge in [-0.2, -0.15) is 0 Å². The molecule has 0 radical (unpaired) electrons. The van der Waals surface area contributed by atoms with Crippen molar-refractivity contribution in [3.63, 3.8) is 0 Å². The monoisotopic (exact) mass is 289 g/mol. The van der Waals surface area contributed by atoms with E-state index in [4.69, 9.17) is 12.2 Å². The average molecular weight is 289 g/mol. The predicted octanol–water partition coefficient (Wildman–Crippen LogP) is 4.01. The first-order valence-electron chi connectivity index (χ1n) is 6.14. The molecule has 2 aromatic rings. The molecule has 6 heteroatoms. The highest BCUT2D eigenvalue weighted by Gasteiger charge is 2.17. The summed E-state index contributed by atoms with van der Waals surface area (Å²) < 4.78 is 0.468. The van der Waals surface area contributed by atoms with E-state index < -0.39 is 4.92 Å². The van der Waals surface area contributed by atoms with Crippen molar-refractivity contribution in [1.29, 1.82) is 0 Å². The Morgan fingerprint density at radius 2 is 2.00 bits per heavy atom. The zero-order valence-corrected chi connectivity index (χ0v) is 12.3. The third-order valence-corrected chi connectivity index (χ3v) is 3.03. The first-order valence-corrected chi connectivity index (χ1v) is 6.55. The first kappa shape index (κ1) is 14.3. The van der Waals surface area contributed by atoms with Gasteiger partial charge in [-0.15, -0.1) is 0 Å². The fourth-order valence-electron chi connectivity index (χ4n) is 1.76. The van der Waals surface area contributed by atoms with Crippen LogP contribution in [0.2, 0.25) is 0 Å². The third-order valence-electron chi connectivity index (χ3n) is 2.82. The minimum absolute atomic E-state index is 0.0518. The summed E-state index contributed by atoms with van der Waals surface area (Å²) in [6, 6.07) is 8.15. The molecule has 1 aromatic heterocycles. The number of hydrogen-bond donors (Lipinski definition) is 1. The van der Waals surface area contributed by atoms with Crippen molar-refractivity contribution in [1.82, 2.24) is 9.97 Å².